The Labute approximate surface area is 170 Å². The van der Waals surface area contributed by atoms with Gasteiger partial charge < -0.3 is 10.4 Å². The Bertz CT molecular complexity index is 978. The number of halogens is 1. The third kappa shape index (κ3) is 4.05. The maximum Gasteiger partial charge on any atom is 0.141 e. The number of nitrogens with zero attached hydrogens (tertiary/aromatic N) is 3. The average Bonchev–Trinajstić information content (AvgIpc) is 2.65. The van der Waals surface area contributed by atoms with Crippen molar-refractivity contribution in [2.24, 2.45) is 11.8 Å². The summed E-state index contributed by atoms with van der Waals surface area (Å²) in [5, 5.41) is 15.1. The minimum atomic E-state index is 0.158. The first-order valence-corrected chi connectivity index (χ1v) is 10.1. The van der Waals surface area contributed by atoms with Gasteiger partial charge in [-0.2, -0.15) is 0 Å². The Balaban J connectivity index is 1.62. The van der Waals surface area contributed by atoms with Gasteiger partial charge in [0.1, 0.15) is 17.9 Å². The second-order valence-electron chi connectivity index (χ2n) is 7.97. The van der Waals surface area contributed by atoms with E-state index in [1.807, 2.05) is 30.3 Å². The molecule has 1 aliphatic heterocycles. The number of hydrogen-bond acceptors (Lipinski definition) is 5. The van der Waals surface area contributed by atoms with E-state index < -0.39 is 0 Å². The average molecular weight is 397 g/mol. The van der Waals surface area contributed by atoms with Crippen LogP contribution in [0.3, 0.4) is 0 Å². The van der Waals surface area contributed by atoms with Crippen LogP contribution >= 0.6 is 11.6 Å². The van der Waals surface area contributed by atoms with Gasteiger partial charge in [0, 0.05) is 36.3 Å². The minimum Gasteiger partial charge on any atom is -0.506 e. The van der Waals surface area contributed by atoms with Gasteiger partial charge in [0.05, 0.1) is 10.5 Å². The summed E-state index contributed by atoms with van der Waals surface area (Å²) in [4.78, 5) is 11.1. The summed E-state index contributed by atoms with van der Waals surface area (Å²) in [5.41, 5.74) is 2.51. The van der Waals surface area contributed by atoms with Crippen LogP contribution < -0.4 is 5.32 Å². The highest BCUT2D eigenvalue weighted by molar-refractivity contribution is 6.32. The van der Waals surface area contributed by atoms with Crippen molar-refractivity contribution in [3.63, 3.8) is 0 Å². The number of phenols is 1. The molecule has 1 aliphatic rings. The van der Waals surface area contributed by atoms with Gasteiger partial charge in [0.15, 0.2) is 0 Å². The number of benzene rings is 2. The monoisotopic (exact) mass is 396 g/mol. The van der Waals surface area contributed by atoms with Crippen LogP contribution in [-0.4, -0.2) is 33.1 Å². The Morgan fingerprint density at radius 1 is 1.14 bits per heavy atom. The summed E-state index contributed by atoms with van der Waals surface area (Å²) < 4.78 is 0. The molecule has 1 aromatic heterocycles. The quantitative estimate of drug-likeness (QED) is 0.592. The summed E-state index contributed by atoms with van der Waals surface area (Å²) in [7, 11) is 0. The van der Waals surface area contributed by atoms with Crippen LogP contribution in [0.5, 0.6) is 5.75 Å². The fourth-order valence-corrected chi connectivity index (χ4v) is 4.49. The van der Waals surface area contributed by atoms with E-state index in [1.54, 1.807) is 12.4 Å². The number of aromatic nitrogens is 2. The molecule has 0 bridgehead atoms. The summed E-state index contributed by atoms with van der Waals surface area (Å²) in [6.45, 7) is 7.33. The highest BCUT2D eigenvalue weighted by Crippen LogP contribution is 2.35. The summed E-state index contributed by atoms with van der Waals surface area (Å²) in [5.74, 6) is 2.20. The lowest BCUT2D eigenvalue weighted by molar-refractivity contribution is 0.133. The molecule has 1 fully saturated rings. The van der Waals surface area contributed by atoms with Gasteiger partial charge in [-0.25, -0.2) is 9.97 Å². The second-order valence-corrected chi connectivity index (χ2v) is 8.38. The Kier molecular flexibility index (Phi) is 5.38. The van der Waals surface area contributed by atoms with E-state index in [2.05, 4.69) is 34.0 Å². The third-order valence-corrected chi connectivity index (χ3v) is 5.57. The lowest BCUT2D eigenvalue weighted by Crippen LogP contribution is -2.38. The van der Waals surface area contributed by atoms with Crippen molar-refractivity contribution < 1.29 is 5.11 Å². The molecule has 0 amide bonds. The number of aromatic hydroxyl groups is 1. The second kappa shape index (κ2) is 7.94. The molecule has 2 N–H and O–H groups in total. The Hall–Kier alpha value is -2.37. The number of nitrogens with one attached hydrogen (secondary N) is 1. The van der Waals surface area contributed by atoms with E-state index in [0.717, 1.165) is 41.1 Å². The number of phenolic OH excluding ortho intramolecular Hbond substituents is 1. The zero-order valence-corrected chi connectivity index (χ0v) is 16.9. The molecular formula is C22H25ClN4O. The van der Waals surface area contributed by atoms with E-state index in [4.69, 9.17) is 11.6 Å². The summed E-state index contributed by atoms with van der Waals surface area (Å²) in [6.07, 6.45) is 2.80. The number of para-hydroxylation sites is 1. The van der Waals surface area contributed by atoms with Gasteiger partial charge in [-0.05, 0) is 42.5 Å². The van der Waals surface area contributed by atoms with Gasteiger partial charge in [-0.1, -0.05) is 37.6 Å². The normalized spacial score (nSPS) is 20.4. The van der Waals surface area contributed by atoms with Crippen molar-refractivity contribution in [2.75, 3.05) is 18.4 Å². The molecule has 146 valence electrons. The molecule has 2 heterocycles. The molecule has 2 aromatic carbocycles. The number of likely N-dealkylation sites (tertiary alicyclic amines) is 1. The molecule has 3 aromatic rings. The molecule has 0 spiro atoms. The molecule has 1 saturated heterocycles. The number of hydrogen-bond donors (Lipinski definition) is 2. The highest BCUT2D eigenvalue weighted by Gasteiger charge is 2.23. The van der Waals surface area contributed by atoms with E-state index in [1.165, 1.54) is 6.42 Å². The number of piperidine rings is 1. The number of anilines is 2. The number of rotatable bonds is 4. The van der Waals surface area contributed by atoms with Crippen molar-refractivity contribution >= 4 is 34.0 Å². The van der Waals surface area contributed by atoms with E-state index >= 15 is 0 Å². The first kappa shape index (κ1) is 19.0. The van der Waals surface area contributed by atoms with Gasteiger partial charge in [0.25, 0.3) is 0 Å². The fraction of sp³-hybridized carbons (Fsp3) is 0.364. The largest absolute Gasteiger partial charge is 0.506 e. The van der Waals surface area contributed by atoms with Crippen LogP contribution in [-0.2, 0) is 6.54 Å². The standard InChI is InChI=1S/C22H25ClN4O/c1-14-7-15(2)11-27(10-14)12-16-8-17(9-19(23)21(16)28)26-22-18-5-3-4-6-20(18)24-13-25-22/h3-6,8-9,13-15,28H,7,10-12H2,1-2H3,(H,24,25,26)/t14-,15?/m0/s1. The van der Waals surface area contributed by atoms with Crippen molar-refractivity contribution in [2.45, 2.75) is 26.8 Å². The molecule has 4 rings (SSSR count). The predicted molar refractivity (Wildman–Crippen MR) is 114 cm³/mol. The van der Waals surface area contributed by atoms with Crippen LogP contribution in [0.25, 0.3) is 10.9 Å². The maximum absolute atomic E-state index is 10.5. The molecule has 6 heteroatoms. The predicted octanol–water partition coefficient (Wildman–Crippen LogP) is 5.21. The van der Waals surface area contributed by atoms with Crippen LogP contribution in [0.2, 0.25) is 5.02 Å². The van der Waals surface area contributed by atoms with Gasteiger partial charge >= 0.3 is 0 Å². The first-order valence-electron chi connectivity index (χ1n) is 9.70. The number of fused-ring (bicyclic) bond motifs is 1. The van der Waals surface area contributed by atoms with Crippen molar-refractivity contribution in [3.05, 3.63) is 53.3 Å². The molecule has 2 atom stereocenters. The van der Waals surface area contributed by atoms with E-state index in [-0.39, 0.29) is 5.75 Å². The molecule has 0 saturated carbocycles. The Morgan fingerprint density at radius 3 is 2.68 bits per heavy atom. The Morgan fingerprint density at radius 2 is 1.89 bits per heavy atom. The van der Waals surface area contributed by atoms with Crippen LogP contribution in [0.4, 0.5) is 11.5 Å². The van der Waals surface area contributed by atoms with Crippen LogP contribution in [0.1, 0.15) is 25.8 Å². The third-order valence-electron chi connectivity index (χ3n) is 5.29. The summed E-state index contributed by atoms with van der Waals surface area (Å²) in [6, 6.07) is 11.5. The lowest BCUT2D eigenvalue weighted by atomic mass is 9.91. The fourth-order valence-electron chi connectivity index (χ4n) is 4.25. The molecule has 28 heavy (non-hydrogen) atoms. The zero-order valence-electron chi connectivity index (χ0n) is 16.2. The van der Waals surface area contributed by atoms with Crippen molar-refractivity contribution in [1.82, 2.24) is 14.9 Å². The van der Waals surface area contributed by atoms with Crippen molar-refractivity contribution in [1.29, 1.82) is 0 Å². The van der Waals surface area contributed by atoms with Crippen molar-refractivity contribution in [3.8, 4) is 5.75 Å². The minimum absolute atomic E-state index is 0.158. The maximum atomic E-state index is 10.5. The van der Waals surface area contributed by atoms with Crippen LogP contribution in [0.15, 0.2) is 42.7 Å². The van der Waals surface area contributed by atoms with Crippen LogP contribution in [0, 0.1) is 11.8 Å². The highest BCUT2D eigenvalue weighted by atomic mass is 35.5. The first-order chi connectivity index (χ1) is 13.5. The lowest BCUT2D eigenvalue weighted by Gasteiger charge is -2.35. The smallest absolute Gasteiger partial charge is 0.141 e. The van der Waals surface area contributed by atoms with Gasteiger partial charge in [-0.3, -0.25) is 4.90 Å². The van der Waals surface area contributed by atoms with E-state index in [9.17, 15) is 5.11 Å². The topological polar surface area (TPSA) is 61.3 Å². The molecule has 0 radical (unpaired) electrons. The molecule has 5 nitrogen and oxygen atoms in total. The van der Waals surface area contributed by atoms with Gasteiger partial charge in [0.2, 0.25) is 0 Å². The zero-order chi connectivity index (χ0) is 19.7. The summed E-state index contributed by atoms with van der Waals surface area (Å²) >= 11 is 6.34. The SMILES string of the molecule is CC1C[C@H](C)CN(Cc2cc(Nc3ncnc4ccccc34)cc(Cl)c2O)C1. The van der Waals surface area contributed by atoms with Gasteiger partial charge in [-0.15, -0.1) is 0 Å². The molecule has 0 aliphatic carbocycles. The van der Waals surface area contributed by atoms with E-state index in [0.29, 0.717) is 23.4 Å². The molecular weight excluding hydrogens is 372 g/mol. The molecule has 1 unspecified atom stereocenters.